The second kappa shape index (κ2) is 5.96. The summed E-state index contributed by atoms with van der Waals surface area (Å²) >= 11 is 1.64. The third-order valence-electron chi connectivity index (χ3n) is 2.29. The van der Waals surface area contributed by atoms with Gasteiger partial charge >= 0.3 is 5.97 Å². The van der Waals surface area contributed by atoms with Gasteiger partial charge in [0.05, 0.1) is 12.1 Å². The first-order chi connectivity index (χ1) is 7.54. The van der Waals surface area contributed by atoms with Crippen LogP contribution in [0.3, 0.4) is 0 Å². The van der Waals surface area contributed by atoms with Crippen molar-refractivity contribution in [2.45, 2.75) is 33.4 Å². The van der Waals surface area contributed by atoms with Crippen molar-refractivity contribution in [1.29, 1.82) is 0 Å². The summed E-state index contributed by atoms with van der Waals surface area (Å²) in [7, 11) is 1.41. The second-order valence-corrected chi connectivity index (χ2v) is 5.29. The highest BCUT2D eigenvalue weighted by Gasteiger charge is 2.22. The smallest absolute Gasteiger partial charge is 0.323 e. The highest BCUT2D eigenvalue weighted by molar-refractivity contribution is 7.11. The fraction of sp³-hybridized carbons (Fsp3) is 0.636. The Morgan fingerprint density at radius 1 is 1.62 bits per heavy atom. The van der Waals surface area contributed by atoms with Crippen molar-refractivity contribution in [3.8, 4) is 0 Å². The molecule has 0 unspecified atom stereocenters. The lowest BCUT2D eigenvalue weighted by Crippen LogP contribution is -2.41. The molecule has 16 heavy (non-hydrogen) atoms. The quantitative estimate of drug-likeness (QED) is 0.799. The summed E-state index contributed by atoms with van der Waals surface area (Å²) in [5.41, 5.74) is 0. The van der Waals surface area contributed by atoms with Crippen LogP contribution in [-0.4, -0.2) is 24.1 Å². The van der Waals surface area contributed by atoms with Crippen LogP contribution in [0.5, 0.6) is 0 Å². The van der Waals surface area contributed by atoms with Gasteiger partial charge in [0.2, 0.25) is 0 Å². The second-order valence-electron chi connectivity index (χ2n) is 3.97. The van der Waals surface area contributed by atoms with E-state index in [9.17, 15) is 4.79 Å². The first-order valence-corrected chi connectivity index (χ1v) is 6.08. The topological polar surface area (TPSA) is 51.2 Å². The molecule has 1 N–H and O–H groups in total. The minimum absolute atomic E-state index is 0.210. The number of nitrogens with one attached hydrogen (secondary N) is 1. The lowest BCUT2D eigenvalue weighted by atomic mass is 10.0. The Balaban J connectivity index is 2.53. The molecule has 4 nitrogen and oxygen atoms in total. The van der Waals surface area contributed by atoms with E-state index in [2.05, 4.69) is 10.3 Å². The molecule has 1 heterocycles. The van der Waals surface area contributed by atoms with Gasteiger partial charge in [-0.3, -0.25) is 10.1 Å². The number of ether oxygens (including phenoxy) is 1. The first kappa shape index (κ1) is 13.1. The number of aryl methyl sites for hydroxylation is 1. The van der Waals surface area contributed by atoms with Gasteiger partial charge in [-0.05, 0) is 12.8 Å². The zero-order valence-corrected chi connectivity index (χ0v) is 10.9. The van der Waals surface area contributed by atoms with Gasteiger partial charge in [-0.1, -0.05) is 13.8 Å². The van der Waals surface area contributed by atoms with Crippen LogP contribution < -0.4 is 5.32 Å². The molecule has 1 atom stereocenters. The minimum Gasteiger partial charge on any atom is -0.468 e. The van der Waals surface area contributed by atoms with Crippen LogP contribution in [0.1, 0.15) is 23.7 Å². The van der Waals surface area contributed by atoms with E-state index in [4.69, 9.17) is 4.74 Å². The van der Waals surface area contributed by atoms with Crippen molar-refractivity contribution in [3.63, 3.8) is 0 Å². The molecule has 0 saturated carbocycles. The molecule has 0 radical (unpaired) electrons. The van der Waals surface area contributed by atoms with Gasteiger partial charge in [0.15, 0.2) is 0 Å². The number of carbonyl (C=O) groups is 1. The maximum atomic E-state index is 11.5. The Bertz CT molecular complexity index is 350. The summed E-state index contributed by atoms with van der Waals surface area (Å²) in [6, 6.07) is -0.257. The van der Waals surface area contributed by atoms with E-state index in [0.717, 1.165) is 9.88 Å². The highest BCUT2D eigenvalue weighted by atomic mass is 32.1. The van der Waals surface area contributed by atoms with Crippen molar-refractivity contribution in [3.05, 3.63) is 16.1 Å². The molecule has 5 heteroatoms. The fourth-order valence-corrected chi connectivity index (χ4v) is 2.16. The number of esters is 1. The Hall–Kier alpha value is -0.940. The van der Waals surface area contributed by atoms with Gasteiger partial charge in [0.1, 0.15) is 6.04 Å². The fourth-order valence-electron chi connectivity index (χ4n) is 1.42. The molecule has 0 aliphatic carbocycles. The molecule has 0 aliphatic heterocycles. The van der Waals surface area contributed by atoms with Crippen molar-refractivity contribution in [2.24, 2.45) is 5.92 Å². The van der Waals surface area contributed by atoms with Gasteiger partial charge in [0.25, 0.3) is 0 Å². The lowest BCUT2D eigenvalue weighted by molar-refractivity contribution is -0.144. The maximum Gasteiger partial charge on any atom is 0.323 e. The largest absolute Gasteiger partial charge is 0.468 e. The van der Waals surface area contributed by atoms with Crippen molar-refractivity contribution in [2.75, 3.05) is 7.11 Å². The monoisotopic (exact) mass is 242 g/mol. The van der Waals surface area contributed by atoms with E-state index >= 15 is 0 Å². The minimum atomic E-state index is -0.257. The molecule has 1 aromatic rings. The summed E-state index contributed by atoms with van der Waals surface area (Å²) in [4.78, 5) is 16.8. The van der Waals surface area contributed by atoms with Crippen molar-refractivity contribution in [1.82, 2.24) is 10.3 Å². The molecular weight excluding hydrogens is 224 g/mol. The van der Waals surface area contributed by atoms with Crippen LogP contribution in [0, 0.1) is 12.8 Å². The summed E-state index contributed by atoms with van der Waals surface area (Å²) < 4.78 is 4.75. The highest BCUT2D eigenvalue weighted by Crippen LogP contribution is 2.12. The summed E-state index contributed by atoms with van der Waals surface area (Å²) in [5.74, 6) is -0.00212. The average Bonchev–Trinajstić information content (AvgIpc) is 2.63. The van der Waals surface area contributed by atoms with Crippen molar-refractivity contribution >= 4 is 17.3 Å². The SMILES string of the molecule is COC(=O)[C@@H](NCc1cnc(C)s1)C(C)C. The predicted octanol–water partition coefficient (Wildman–Crippen LogP) is 1.74. The van der Waals surface area contributed by atoms with E-state index in [1.165, 1.54) is 7.11 Å². The third kappa shape index (κ3) is 3.57. The van der Waals surface area contributed by atoms with Crippen LogP contribution in [0.25, 0.3) is 0 Å². The number of thiazole rings is 1. The number of aromatic nitrogens is 1. The van der Waals surface area contributed by atoms with E-state index in [-0.39, 0.29) is 17.9 Å². The Kier molecular flexibility index (Phi) is 4.89. The summed E-state index contributed by atoms with van der Waals surface area (Å²) in [5, 5.41) is 4.23. The van der Waals surface area contributed by atoms with E-state index in [0.29, 0.717) is 6.54 Å². The van der Waals surface area contributed by atoms with Gasteiger partial charge in [-0.25, -0.2) is 4.98 Å². The molecule has 90 valence electrons. The number of rotatable bonds is 5. The van der Waals surface area contributed by atoms with E-state index in [1.54, 1.807) is 11.3 Å². The van der Waals surface area contributed by atoms with E-state index in [1.807, 2.05) is 27.0 Å². The molecule has 0 spiro atoms. The molecule has 0 aliphatic rings. The van der Waals surface area contributed by atoms with Gasteiger partial charge < -0.3 is 4.74 Å². The Morgan fingerprint density at radius 3 is 2.75 bits per heavy atom. The maximum absolute atomic E-state index is 11.5. The van der Waals surface area contributed by atoms with E-state index < -0.39 is 0 Å². The average molecular weight is 242 g/mol. The number of hydrogen-bond donors (Lipinski definition) is 1. The molecule has 0 fully saturated rings. The molecule has 0 amide bonds. The molecule has 1 rings (SSSR count). The standard InChI is InChI=1S/C11H18N2O2S/c1-7(2)10(11(14)15-4)13-6-9-5-12-8(3)16-9/h5,7,10,13H,6H2,1-4H3/t10-/m0/s1. The molecule has 0 aromatic carbocycles. The predicted molar refractivity (Wildman–Crippen MR) is 64.3 cm³/mol. The van der Waals surface area contributed by atoms with Crippen LogP contribution >= 0.6 is 11.3 Å². The van der Waals surface area contributed by atoms with Gasteiger partial charge in [-0.15, -0.1) is 11.3 Å². The summed E-state index contributed by atoms with van der Waals surface area (Å²) in [6.45, 7) is 6.61. The number of hydrogen-bond acceptors (Lipinski definition) is 5. The first-order valence-electron chi connectivity index (χ1n) is 5.27. The lowest BCUT2D eigenvalue weighted by Gasteiger charge is -2.19. The molecule has 0 bridgehead atoms. The molecular formula is C11H18N2O2S. The number of nitrogens with zero attached hydrogens (tertiary/aromatic N) is 1. The zero-order valence-electron chi connectivity index (χ0n) is 10.1. The van der Waals surface area contributed by atoms with Gasteiger partial charge in [0, 0.05) is 17.6 Å². The normalized spacial score (nSPS) is 12.8. The number of methoxy groups -OCH3 is 1. The van der Waals surface area contributed by atoms with Crippen LogP contribution in [0.4, 0.5) is 0 Å². The Labute approximate surface area is 100 Å². The van der Waals surface area contributed by atoms with Crippen LogP contribution in [-0.2, 0) is 16.1 Å². The summed E-state index contributed by atoms with van der Waals surface area (Å²) in [6.07, 6.45) is 1.83. The third-order valence-corrected chi connectivity index (χ3v) is 3.20. The molecule has 0 saturated heterocycles. The van der Waals surface area contributed by atoms with Crippen LogP contribution in [0.15, 0.2) is 6.20 Å². The molecule has 1 aromatic heterocycles. The van der Waals surface area contributed by atoms with Gasteiger partial charge in [-0.2, -0.15) is 0 Å². The van der Waals surface area contributed by atoms with Crippen molar-refractivity contribution < 1.29 is 9.53 Å². The Morgan fingerprint density at radius 2 is 2.31 bits per heavy atom. The number of carbonyl (C=O) groups excluding carboxylic acids is 1. The van der Waals surface area contributed by atoms with Crippen LogP contribution in [0.2, 0.25) is 0 Å². The zero-order chi connectivity index (χ0) is 12.1.